The number of hydrogen-bond acceptors (Lipinski definition) is 5. The zero-order valence-electron chi connectivity index (χ0n) is 12.0. The topological polar surface area (TPSA) is 73.8 Å². The molecule has 0 radical (unpaired) electrons. The standard InChI is InChI=1S/C17H12N4O2/c22-17(12-7-9-18-10-8-12)16(15-6-3-11-23-15)21-14-5-2-1-4-13(14)19-20-21/h1-11,16H. The van der Waals surface area contributed by atoms with E-state index in [9.17, 15) is 4.79 Å². The first kappa shape index (κ1) is 13.4. The number of para-hydroxylation sites is 1. The summed E-state index contributed by atoms with van der Waals surface area (Å²) in [4.78, 5) is 17.0. The number of rotatable bonds is 4. The van der Waals surface area contributed by atoms with Crippen molar-refractivity contribution in [2.75, 3.05) is 0 Å². The molecular formula is C17H12N4O2. The molecule has 0 aliphatic carbocycles. The van der Waals surface area contributed by atoms with Crippen molar-refractivity contribution in [1.82, 2.24) is 20.0 Å². The van der Waals surface area contributed by atoms with Crippen molar-refractivity contribution < 1.29 is 9.21 Å². The molecule has 0 amide bonds. The van der Waals surface area contributed by atoms with Crippen molar-refractivity contribution in [1.29, 1.82) is 0 Å². The lowest BCUT2D eigenvalue weighted by molar-refractivity contribution is 0.0929. The van der Waals surface area contributed by atoms with Gasteiger partial charge in [-0.2, -0.15) is 0 Å². The first-order chi connectivity index (χ1) is 11.3. The van der Waals surface area contributed by atoms with Crippen LogP contribution >= 0.6 is 0 Å². The maximum Gasteiger partial charge on any atom is 0.195 e. The van der Waals surface area contributed by atoms with Crippen LogP contribution in [-0.2, 0) is 0 Å². The molecule has 0 aliphatic rings. The molecule has 4 rings (SSSR count). The van der Waals surface area contributed by atoms with Crippen LogP contribution in [0.2, 0.25) is 0 Å². The van der Waals surface area contributed by atoms with Gasteiger partial charge in [0.25, 0.3) is 0 Å². The third kappa shape index (κ3) is 2.30. The second kappa shape index (κ2) is 5.49. The van der Waals surface area contributed by atoms with Crippen LogP contribution in [0.1, 0.15) is 22.2 Å². The number of pyridine rings is 1. The van der Waals surface area contributed by atoms with Gasteiger partial charge in [-0.05, 0) is 36.4 Å². The average Bonchev–Trinajstić information content (AvgIpc) is 3.27. The fraction of sp³-hybridized carbons (Fsp3) is 0.0588. The van der Waals surface area contributed by atoms with Crippen LogP contribution in [0, 0.1) is 0 Å². The van der Waals surface area contributed by atoms with Crippen molar-refractivity contribution in [3.05, 3.63) is 78.5 Å². The number of aromatic nitrogens is 4. The van der Waals surface area contributed by atoms with Crippen LogP contribution < -0.4 is 0 Å². The van der Waals surface area contributed by atoms with Crippen LogP contribution in [0.4, 0.5) is 0 Å². The molecule has 6 nitrogen and oxygen atoms in total. The van der Waals surface area contributed by atoms with E-state index in [1.165, 1.54) is 0 Å². The van der Waals surface area contributed by atoms with E-state index in [-0.39, 0.29) is 5.78 Å². The third-order valence-electron chi connectivity index (χ3n) is 3.65. The molecule has 1 unspecified atom stereocenters. The Kier molecular flexibility index (Phi) is 3.20. The van der Waals surface area contributed by atoms with Crippen molar-refractivity contribution in [2.45, 2.75) is 6.04 Å². The zero-order chi connectivity index (χ0) is 15.6. The number of carbonyl (C=O) groups is 1. The second-order valence-electron chi connectivity index (χ2n) is 5.04. The number of benzene rings is 1. The van der Waals surface area contributed by atoms with E-state index in [2.05, 4.69) is 15.3 Å². The van der Waals surface area contributed by atoms with Crippen LogP contribution in [-0.4, -0.2) is 25.8 Å². The molecule has 1 atom stereocenters. The van der Waals surface area contributed by atoms with Crippen LogP contribution in [0.15, 0.2) is 71.6 Å². The first-order valence-electron chi connectivity index (χ1n) is 7.12. The number of ketones is 1. The normalized spacial score (nSPS) is 12.3. The minimum Gasteiger partial charge on any atom is -0.467 e. The predicted octanol–water partition coefficient (Wildman–Crippen LogP) is 2.89. The minimum atomic E-state index is -0.709. The summed E-state index contributed by atoms with van der Waals surface area (Å²) in [7, 11) is 0. The lowest BCUT2D eigenvalue weighted by Gasteiger charge is -2.14. The Morgan fingerprint density at radius 2 is 1.87 bits per heavy atom. The Balaban J connectivity index is 1.89. The van der Waals surface area contributed by atoms with E-state index >= 15 is 0 Å². The quantitative estimate of drug-likeness (QED) is 0.542. The fourth-order valence-electron chi connectivity index (χ4n) is 2.56. The Labute approximate surface area is 131 Å². The first-order valence-corrected chi connectivity index (χ1v) is 7.12. The number of Topliss-reactive ketones (excluding diaryl/α,β-unsaturated/α-hetero) is 1. The summed E-state index contributed by atoms with van der Waals surface area (Å²) in [6.45, 7) is 0. The Morgan fingerprint density at radius 1 is 1.04 bits per heavy atom. The molecule has 0 spiro atoms. The third-order valence-corrected chi connectivity index (χ3v) is 3.65. The Morgan fingerprint density at radius 3 is 2.65 bits per heavy atom. The van der Waals surface area contributed by atoms with Gasteiger partial charge in [0.1, 0.15) is 11.3 Å². The van der Waals surface area contributed by atoms with Gasteiger partial charge in [-0.25, -0.2) is 4.68 Å². The highest BCUT2D eigenvalue weighted by Gasteiger charge is 2.29. The summed E-state index contributed by atoms with van der Waals surface area (Å²) < 4.78 is 7.08. The lowest BCUT2D eigenvalue weighted by atomic mass is 10.0. The summed E-state index contributed by atoms with van der Waals surface area (Å²) in [5.41, 5.74) is 2.05. The van der Waals surface area contributed by atoms with Gasteiger partial charge in [0.15, 0.2) is 11.8 Å². The molecule has 6 heteroatoms. The molecule has 23 heavy (non-hydrogen) atoms. The average molecular weight is 304 g/mol. The van der Waals surface area contributed by atoms with Gasteiger partial charge in [-0.1, -0.05) is 17.3 Å². The molecular weight excluding hydrogens is 292 g/mol. The van der Waals surface area contributed by atoms with Gasteiger partial charge in [-0.15, -0.1) is 5.10 Å². The molecule has 0 N–H and O–H groups in total. The van der Waals surface area contributed by atoms with Gasteiger partial charge in [-0.3, -0.25) is 9.78 Å². The highest BCUT2D eigenvalue weighted by molar-refractivity contribution is 6.01. The van der Waals surface area contributed by atoms with Crippen molar-refractivity contribution in [2.24, 2.45) is 0 Å². The highest BCUT2D eigenvalue weighted by Crippen LogP contribution is 2.26. The van der Waals surface area contributed by atoms with E-state index in [0.29, 0.717) is 11.3 Å². The summed E-state index contributed by atoms with van der Waals surface area (Å²) in [6.07, 6.45) is 4.72. The van der Waals surface area contributed by atoms with E-state index in [1.54, 1.807) is 47.6 Å². The molecule has 0 aliphatic heterocycles. The summed E-state index contributed by atoms with van der Waals surface area (Å²) >= 11 is 0. The molecule has 0 bridgehead atoms. The largest absolute Gasteiger partial charge is 0.467 e. The molecule has 1 aromatic carbocycles. The van der Waals surface area contributed by atoms with Crippen LogP contribution in [0.5, 0.6) is 0 Å². The van der Waals surface area contributed by atoms with Crippen molar-refractivity contribution >= 4 is 16.8 Å². The second-order valence-corrected chi connectivity index (χ2v) is 5.04. The molecule has 0 saturated carbocycles. The predicted molar refractivity (Wildman–Crippen MR) is 82.9 cm³/mol. The van der Waals surface area contributed by atoms with Gasteiger partial charge < -0.3 is 4.42 Å². The lowest BCUT2D eigenvalue weighted by Crippen LogP contribution is -2.22. The maximum atomic E-state index is 13.0. The number of fused-ring (bicyclic) bond motifs is 1. The maximum absolute atomic E-state index is 13.0. The van der Waals surface area contributed by atoms with Gasteiger partial charge in [0.05, 0.1) is 11.8 Å². The molecule has 0 saturated heterocycles. The smallest absolute Gasteiger partial charge is 0.195 e. The highest BCUT2D eigenvalue weighted by atomic mass is 16.3. The number of hydrogen-bond donors (Lipinski definition) is 0. The SMILES string of the molecule is O=C(c1ccncc1)C(c1ccco1)n1nnc2ccccc21. The molecule has 112 valence electrons. The van der Waals surface area contributed by atoms with E-state index in [4.69, 9.17) is 4.42 Å². The summed E-state index contributed by atoms with van der Waals surface area (Å²) in [6, 6.07) is 13.7. The van der Waals surface area contributed by atoms with Gasteiger partial charge in [0.2, 0.25) is 0 Å². The number of carbonyl (C=O) groups excluding carboxylic acids is 1. The Hall–Kier alpha value is -3.28. The van der Waals surface area contributed by atoms with Crippen molar-refractivity contribution in [3.63, 3.8) is 0 Å². The molecule has 3 aromatic heterocycles. The monoisotopic (exact) mass is 304 g/mol. The summed E-state index contributed by atoms with van der Waals surface area (Å²) in [5, 5.41) is 8.30. The zero-order valence-corrected chi connectivity index (χ0v) is 12.0. The van der Waals surface area contributed by atoms with E-state index in [1.807, 2.05) is 24.3 Å². The molecule has 0 fully saturated rings. The van der Waals surface area contributed by atoms with Gasteiger partial charge in [0, 0.05) is 18.0 Å². The minimum absolute atomic E-state index is 0.127. The number of furan rings is 1. The van der Waals surface area contributed by atoms with Crippen LogP contribution in [0.3, 0.4) is 0 Å². The van der Waals surface area contributed by atoms with E-state index < -0.39 is 6.04 Å². The number of nitrogens with zero attached hydrogens (tertiary/aromatic N) is 4. The van der Waals surface area contributed by atoms with Crippen LogP contribution in [0.25, 0.3) is 11.0 Å². The van der Waals surface area contributed by atoms with Crippen molar-refractivity contribution in [3.8, 4) is 0 Å². The summed E-state index contributed by atoms with van der Waals surface area (Å²) in [5.74, 6) is 0.389. The molecule has 3 heterocycles. The van der Waals surface area contributed by atoms with Gasteiger partial charge >= 0.3 is 0 Å². The molecule has 4 aromatic rings. The fourth-order valence-corrected chi connectivity index (χ4v) is 2.56. The Bertz CT molecular complexity index is 945. The van der Waals surface area contributed by atoms with E-state index in [0.717, 1.165) is 11.0 Å².